The summed E-state index contributed by atoms with van der Waals surface area (Å²) in [5.41, 5.74) is 0.722. The van der Waals surface area contributed by atoms with E-state index in [1.54, 1.807) is 20.1 Å². The van der Waals surface area contributed by atoms with Gasteiger partial charge in [0.15, 0.2) is 5.78 Å². The fourth-order valence-corrected chi connectivity index (χ4v) is 7.05. The summed E-state index contributed by atoms with van der Waals surface area (Å²) in [6.07, 6.45) is 2.93. The molecule has 2 saturated heterocycles. The van der Waals surface area contributed by atoms with Crippen molar-refractivity contribution in [2.45, 2.75) is 70.4 Å². The van der Waals surface area contributed by atoms with Gasteiger partial charge in [-0.05, 0) is 68.3 Å². The number of ether oxygens (including phenoxy) is 2. The molecule has 1 aromatic carbocycles. The molecule has 4 aliphatic rings. The van der Waals surface area contributed by atoms with Gasteiger partial charge in [-0.25, -0.2) is 0 Å². The lowest BCUT2D eigenvalue weighted by Gasteiger charge is -2.71. The Labute approximate surface area is 184 Å². The van der Waals surface area contributed by atoms with Crippen molar-refractivity contribution < 1.29 is 24.2 Å². The fraction of sp³-hybridized carbons (Fsp3) is 0.680. The number of likely N-dealkylation sites (N-methyl/N-ethyl adjacent to an activating group) is 1. The fourth-order valence-electron chi connectivity index (χ4n) is 7.05. The summed E-state index contributed by atoms with van der Waals surface area (Å²) in [7, 11) is 3.69. The van der Waals surface area contributed by atoms with Crippen molar-refractivity contribution in [2.24, 2.45) is 10.8 Å². The standard InChI is InChI=1S/C25H35NO5/c1-6-31-22(29)25(21(28)8-7-11-30-5)15-24(3)19-12-16-9-10-17(27)13-18(16)23(24,2)14-20(25)26(19)4/h9-10,13,19-20,27H,6-8,11-12,14-15H2,1-5H3/t19?,20?,23-,24+,25?/m0/s1. The number of rotatable bonds is 7. The van der Waals surface area contributed by atoms with Crippen molar-refractivity contribution in [2.75, 3.05) is 27.4 Å². The van der Waals surface area contributed by atoms with E-state index in [1.165, 1.54) is 5.56 Å². The van der Waals surface area contributed by atoms with Crippen LogP contribution in [0.15, 0.2) is 18.2 Å². The molecule has 4 bridgehead atoms. The second-order valence-electron chi connectivity index (χ2n) is 10.1. The molecule has 2 heterocycles. The number of benzene rings is 1. The lowest BCUT2D eigenvalue weighted by atomic mass is 9.39. The Kier molecular flexibility index (Phi) is 5.46. The van der Waals surface area contributed by atoms with Crippen molar-refractivity contribution in [1.29, 1.82) is 0 Å². The molecule has 0 amide bonds. The summed E-state index contributed by atoms with van der Waals surface area (Å²) < 4.78 is 10.7. The number of esters is 1. The second kappa shape index (κ2) is 7.59. The van der Waals surface area contributed by atoms with Gasteiger partial charge in [0.05, 0.1) is 6.61 Å². The van der Waals surface area contributed by atoms with Crippen LogP contribution in [0, 0.1) is 10.8 Å². The molecule has 0 aromatic heterocycles. The van der Waals surface area contributed by atoms with Gasteiger partial charge in [-0.3, -0.25) is 14.5 Å². The molecule has 6 nitrogen and oxygen atoms in total. The maximum Gasteiger partial charge on any atom is 0.321 e. The van der Waals surface area contributed by atoms with Crippen LogP contribution in [-0.4, -0.2) is 61.2 Å². The number of phenolic OH excluding ortho intramolecular Hbond substituents is 1. The maximum atomic E-state index is 13.7. The summed E-state index contributed by atoms with van der Waals surface area (Å²) >= 11 is 0. The number of ketones is 1. The van der Waals surface area contributed by atoms with Crippen molar-refractivity contribution in [3.05, 3.63) is 29.3 Å². The first-order valence-corrected chi connectivity index (χ1v) is 11.4. The molecule has 5 rings (SSSR count). The number of fused-ring (bicyclic) bond motifs is 2. The average molecular weight is 430 g/mol. The lowest BCUT2D eigenvalue weighted by Crippen LogP contribution is -2.78. The van der Waals surface area contributed by atoms with E-state index >= 15 is 0 Å². The number of piperidine rings is 2. The van der Waals surface area contributed by atoms with E-state index in [1.807, 2.05) is 12.1 Å². The molecular weight excluding hydrogens is 394 g/mol. The first-order chi connectivity index (χ1) is 14.7. The molecule has 170 valence electrons. The van der Waals surface area contributed by atoms with Crippen LogP contribution in [0.25, 0.3) is 0 Å². The number of aromatic hydroxyl groups is 1. The molecular formula is C25H35NO5. The van der Waals surface area contributed by atoms with Crippen LogP contribution in [0.2, 0.25) is 0 Å². The third-order valence-corrected chi connectivity index (χ3v) is 8.79. The Bertz CT molecular complexity index is 900. The van der Waals surface area contributed by atoms with E-state index in [0.29, 0.717) is 32.3 Å². The highest BCUT2D eigenvalue weighted by Crippen LogP contribution is 2.68. The molecule has 1 saturated carbocycles. The summed E-state index contributed by atoms with van der Waals surface area (Å²) in [6, 6.07) is 5.67. The number of hydrogen-bond acceptors (Lipinski definition) is 6. The van der Waals surface area contributed by atoms with Gasteiger partial charge in [-0.15, -0.1) is 0 Å². The minimum atomic E-state index is -1.16. The molecule has 2 aliphatic carbocycles. The number of phenols is 1. The molecule has 1 N–H and O–H groups in total. The summed E-state index contributed by atoms with van der Waals surface area (Å²) in [5, 5.41) is 10.2. The first-order valence-electron chi connectivity index (χ1n) is 11.4. The second-order valence-corrected chi connectivity index (χ2v) is 10.1. The van der Waals surface area contributed by atoms with Gasteiger partial charge in [0.1, 0.15) is 11.2 Å². The van der Waals surface area contributed by atoms with Gasteiger partial charge in [-0.1, -0.05) is 19.9 Å². The van der Waals surface area contributed by atoms with E-state index in [9.17, 15) is 14.7 Å². The molecule has 5 atom stereocenters. The number of methoxy groups -OCH3 is 1. The van der Waals surface area contributed by atoms with Crippen molar-refractivity contribution in [3.8, 4) is 5.75 Å². The Morgan fingerprint density at radius 2 is 2.00 bits per heavy atom. The Balaban J connectivity index is 1.82. The third kappa shape index (κ3) is 2.91. The molecule has 3 fully saturated rings. The topological polar surface area (TPSA) is 76.1 Å². The van der Waals surface area contributed by atoms with Crippen LogP contribution in [0.1, 0.15) is 57.6 Å². The summed E-state index contributed by atoms with van der Waals surface area (Å²) in [5.74, 6) is -0.134. The normalized spacial score (nSPS) is 36.2. The van der Waals surface area contributed by atoms with Gasteiger partial charge in [0, 0.05) is 37.6 Å². The van der Waals surface area contributed by atoms with Gasteiger partial charge >= 0.3 is 5.97 Å². The zero-order chi connectivity index (χ0) is 22.6. The van der Waals surface area contributed by atoms with E-state index in [-0.39, 0.29) is 47.0 Å². The molecule has 0 radical (unpaired) electrons. The molecule has 0 spiro atoms. The van der Waals surface area contributed by atoms with E-state index in [2.05, 4.69) is 25.8 Å². The monoisotopic (exact) mass is 429 g/mol. The highest BCUT2D eigenvalue weighted by Gasteiger charge is 2.73. The van der Waals surface area contributed by atoms with Gasteiger partial charge in [0.2, 0.25) is 0 Å². The maximum absolute atomic E-state index is 13.7. The number of carbonyl (C=O) groups excluding carboxylic acids is 2. The number of carbonyl (C=O) groups is 2. The highest BCUT2D eigenvalue weighted by molar-refractivity contribution is 6.05. The summed E-state index contributed by atoms with van der Waals surface area (Å²) in [6.45, 7) is 7.03. The largest absolute Gasteiger partial charge is 0.508 e. The number of hydrogen-bond donors (Lipinski definition) is 1. The average Bonchev–Trinajstić information content (AvgIpc) is 2.72. The minimum absolute atomic E-state index is 0.0247. The highest BCUT2D eigenvalue weighted by atomic mass is 16.5. The zero-order valence-corrected chi connectivity index (χ0v) is 19.4. The van der Waals surface area contributed by atoms with Crippen LogP contribution in [-0.2, 0) is 30.9 Å². The van der Waals surface area contributed by atoms with Crippen molar-refractivity contribution >= 4 is 11.8 Å². The van der Waals surface area contributed by atoms with Crippen molar-refractivity contribution in [1.82, 2.24) is 4.90 Å². The first kappa shape index (κ1) is 22.3. The molecule has 3 unspecified atom stereocenters. The predicted molar refractivity (Wildman–Crippen MR) is 117 cm³/mol. The van der Waals surface area contributed by atoms with Crippen LogP contribution < -0.4 is 0 Å². The SMILES string of the molecule is CCOC(=O)C1(C(=O)CCCOC)C[C@]2(C)C3Cc4ccc(O)cc4[C@]2(C)CC1N3C. The minimum Gasteiger partial charge on any atom is -0.508 e. The van der Waals surface area contributed by atoms with Gasteiger partial charge in [-0.2, -0.15) is 0 Å². The Morgan fingerprint density at radius 3 is 2.68 bits per heavy atom. The van der Waals surface area contributed by atoms with Crippen LogP contribution in [0.5, 0.6) is 5.75 Å². The smallest absolute Gasteiger partial charge is 0.321 e. The van der Waals surface area contributed by atoms with Gasteiger partial charge in [0.25, 0.3) is 0 Å². The molecule has 31 heavy (non-hydrogen) atoms. The predicted octanol–water partition coefficient (Wildman–Crippen LogP) is 3.23. The summed E-state index contributed by atoms with van der Waals surface area (Å²) in [4.78, 5) is 29.4. The zero-order valence-electron chi connectivity index (χ0n) is 19.4. The van der Waals surface area contributed by atoms with Crippen LogP contribution in [0.4, 0.5) is 0 Å². The number of Topliss-reactive ketones (excluding diaryl/α,β-unsaturated/α-hetero) is 1. The Morgan fingerprint density at radius 1 is 1.26 bits per heavy atom. The van der Waals surface area contributed by atoms with E-state index < -0.39 is 5.41 Å². The molecule has 2 aliphatic heterocycles. The van der Waals surface area contributed by atoms with Crippen LogP contribution in [0.3, 0.4) is 0 Å². The van der Waals surface area contributed by atoms with E-state index in [4.69, 9.17) is 9.47 Å². The van der Waals surface area contributed by atoms with E-state index in [0.717, 1.165) is 12.0 Å². The van der Waals surface area contributed by atoms with Crippen LogP contribution >= 0.6 is 0 Å². The van der Waals surface area contributed by atoms with Crippen molar-refractivity contribution in [3.63, 3.8) is 0 Å². The molecule has 6 heteroatoms. The number of nitrogens with zero attached hydrogens (tertiary/aromatic N) is 1. The lowest BCUT2D eigenvalue weighted by molar-refractivity contribution is -0.208. The van der Waals surface area contributed by atoms with Gasteiger partial charge < -0.3 is 14.6 Å². The molecule has 1 aromatic rings. The third-order valence-electron chi connectivity index (χ3n) is 8.79. The quantitative estimate of drug-likeness (QED) is 0.407. The Hall–Kier alpha value is -1.92.